The summed E-state index contributed by atoms with van der Waals surface area (Å²) in [6.45, 7) is 2.36. The van der Waals surface area contributed by atoms with Gasteiger partial charge in [0.05, 0.1) is 12.1 Å². The molecule has 2 aliphatic rings. The molecule has 1 unspecified atom stereocenters. The van der Waals surface area contributed by atoms with Crippen molar-refractivity contribution in [3.63, 3.8) is 0 Å². The van der Waals surface area contributed by atoms with Crippen LogP contribution in [-0.2, 0) is 4.74 Å². The van der Waals surface area contributed by atoms with Gasteiger partial charge in [-0.05, 0) is 25.7 Å². The van der Waals surface area contributed by atoms with Gasteiger partial charge in [0, 0.05) is 19.2 Å². The smallest absolute Gasteiger partial charge is 0.0660 e. The Balaban J connectivity index is 1.90. The first kappa shape index (κ1) is 10.1. The molecule has 0 amide bonds. The van der Waals surface area contributed by atoms with Crippen molar-refractivity contribution < 1.29 is 4.74 Å². The molecular formula is C11H20N2O. The standard InChI is InChI=1S/C11H20N2O/c12-8-11(6-3-7-14-9-11)13-10-4-1-2-5-10/h1-2,10,13H,3-9,12H2. The Hall–Kier alpha value is -0.380. The van der Waals surface area contributed by atoms with Gasteiger partial charge in [-0.15, -0.1) is 0 Å². The van der Waals surface area contributed by atoms with Crippen molar-refractivity contribution in [1.82, 2.24) is 5.32 Å². The zero-order valence-electron chi connectivity index (χ0n) is 8.67. The lowest BCUT2D eigenvalue weighted by Crippen LogP contribution is -2.59. The lowest BCUT2D eigenvalue weighted by atomic mass is 9.91. The Kier molecular flexibility index (Phi) is 3.21. The molecule has 3 heteroatoms. The van der Waals surface area contributed by atoms with Crippen molar-refractivity contribution in [3.05, 3.63) is 12.2 Å². The quantitative estimate of drug-likeness (QED) is 0.656. The molecule has 3 nitrogen and oxygen atoms in total. The maximum atomic E-state index is 5.85. The Morgan fingerprint density at radius 1 is 1.43 bits per heavy atom. The molecule has 0 saturated carbocycles. The fourth-order valence-electron chi connectivity index (χ4n) is 2.35. The van der Waals surface area contributed by atoms with E-state index in [0.717, 1.165) is 38.9 Å². The van der Waals surface area contributed by atoms with Gasteiger partial charge in [-0.2, -0.15) is 0 Å². The highest BCUT2D eigenvalue weighted by Crippen LogP contribution is 2.21. The van der Waals surface area contributed by atoms with E-state index in [1.807, 2.05) is 0 Å². The van der Waals surface area contributed by atoms with E-state index < -0.39 is 0 Å². The summed E-state index contributed by atoms with van der Waals surface area (Å²) in [5, 5.41) is 3.67. The van der Waals surface area contributed by atoms with Crippen LogP contribution in [0.5, 0.6) is 0 Å². The van der Waals surface area contributed by atoms with Gasteiger partial charge in [-0.25, -0.2) is 0 Å². The molecule has 14 heavy (non-hydrogen) atoms. The normalized spacial score (nSPS) is 33.8. The molecule has 1 atom stereocenters. The average Bonchev–Trinajstić information content (AvgIpc) is 2.72. The predicted octanol–water partition coefficient (Wildman–Crippen LogP) is 0.802. The molecule has 0 bridgehead atoms. The van der Waals surface area contributed by atoms with Crippen LogP contribution in [0.25, 0.3) is 0 Å². The molecule has 1 fully saturated rings. The van der Waals surface area contributed by atoms with Crippen molar-refractivity contribution in [2.45, 2.75) is 37.3 Å². The van der Waals surface area contributed by atoms with Gasteiger partial charge in [0.2, 0.25) is 0 Å². The second-order valence-corrected chi connectivity index (χ2v) is 4.42. The molecule has 1 aliphatic heterocycles. The van der Waals surface area contributed by atoms with E-state index in [-0.39, 0.29) is 5.54 Å². The molecule has 0 spiro atoms. The molecule has 0 radical (unpaired) electrons. The number of nitrogens with two attached hydrogens (primary N) is 1. The lowest BCUT2D eigenvalue weighted by Gasteiger charge is -2.39. The van der Waals surface area contributed by atoms with Gasteiger partial charge in [0.25, 0.3) is 0 Å². The third kappa shape index (κ3) is 2.16. The van der Waals surface area contributed by atoms with Gasteiger partial charge in [0.15, 0.2) is 0 Å². The third-order valence-electron chi connectivity index (χ3n) is 3.23. The van der Waals surface area contributed by atoms with Crippen LogP contribution >= 0.6 is 0 Å². The summed E-state index contributed by atoms with van der Waals surface area (Å²) in [4.78, 5) is 0. The first-order chi connectivity index (χ1) is 6.85. The van der Waals surface area contributed by atoms with E-state index in [4.69, 9.17) is 10.5 Å². The van der Waals surface area contributed by atoms with E-state index in [9.17, 15) is 0 Å². The first-order valence-corrected chi connectivity index (χ1v) is 5.55. The van der Waals surface area contributed by atoms with E-state index >= 15 is 0 Å². The monoisotopic (exact) mass is 196 g/mol. The van der Waals surface area contributed by atoms with Crippen LogP contribution in [0.3, 0.4) is 0 Å². The van der Waals surface area contributed by atoms with Crippen molar-refractivity contribution >= 4 is 0 Å². The number of ether oxygens (including phenoxy) is 1. The summed E-state index contributed by atoms with van der Waals surface area (Å²) >= 11 is 0. The molecule has 0 aromatic rings. The largest absolute Gasteiger partial charge is 0.379 e. The second kappa shape index (κ2) is 4.43. The fraction of sp³-hybridized carbons (Fsp3) is 0.818. The van der Waals surface area contributed by atoms with Crippen LogP contribution in [-0.4, -0.2) is 31.3 Å². The zero-order chi connectivity index (χ0) is 9.86. The molecule has 1 heterocycles. The minimum atomic E-state index is 0.0505. The van der Waals surface area contributed by atoms with Gasteiger partial charge in [-0.3, -0.25) is 0 Å². The van der Waals surface area contributed by atoms with E-state index in [1.165, 1.54) is 0 Å². The number of hydrogen-bond donors (Lipinski definition) is 2. The molecule has 1 saturated heterocycles. The van der Waals surface area contributed by atoms with Crippen LogP contribution < -0.4 is 11.1 Å². The Bertz CT molecular complexity index is 201. The molecular weight excluding hydrogens is 176 g/mol. The van der Waals surface area contributed by atoms with E-state index in [1.54, 1.807) is 0 Å². The SMILES string of the molecule is NCC1(NC2CC=CC2)CCCOC1. The summed E-state index contributed by atoms with van der Waals surface area (Å²) in [5.74, 6) is 0. The number of hydrogen-bond acceptors (Lipinski definition) is 3. The van der Waals surface area contributed by atoms with Gasteiger partial charge >= 0.3 is 0 Å². The average molecular weight is 196 g/mol. The van der Waals surface area contributed by atoms with Gasteiger partial charge in [0.1, 0.15) is 0 Å². The lowest BCUT2D eigenvalue weighted by molar-refractivity contribution is 0.0192. The maximum Gasteiger partial charge on any atom is 0.0660 e. The molecule has 1 aliphatic carbocycles. The van der Waals surface area contributed by atoms with Crippen LogP contribution in [0.15, 0.2) is 12.2 Å². The predicted molar refractivity (Wildman–Crippen MR) is 57.1 cm³/mol. The van der Waals surface area contributed by atoms with Gasteiger partial charge < -0.3 is 15.8 Å². The summed E-state index contributed by atoms with van der Waals surface area (Å²) in [6, 6.07) is 0.584. The van der Waals surface area contributed by atoms with Crippen molar-refractivity contribution in [1.29, 1.82) is 0 Å². The topological polar surface area (TPSA) is 47.3 Å². The molecule has 0 aromatic carbocycles. The Labute approximate surface area is 85.7 Å². The van der Waals surface area contributed by atoms with Crippen LogP contribution in [0, 0.1) is 0 Å². The molecule has 80 valence electrons. The number of rotatable bonds is 3. The van der Waals surface area contributed by atoms with E-state index in [0.29, 0.717) is 12.6 Å². The highest BCUT2D eigenvalue weighted by molar-refractivity contribution is 5.02. The highest BCUT2D eigenvalue weighted by Gasteiger charge is 2.33. The van der Waals surface area contributed by atoms with Crippen LogP contribution in [0.4, 0.5) is 0 Å². The van der Waals surface area contributed by atoms with Crippen molar-refractivity contribution in [2.24, 2.45) is 5.73 Å². The Morgan fingerprint density at radius 2 is 2.21 bits per heavy atom. The minimum absolute atomic E-state index is 0.0505. The highest BCUT2D eigenvalue weighted by atomic mass is 16.5. The Morgan fingerprint density at radius 3 is 2.79 bits per heavy atom. The molecule has 0 aromatic heterocycles. The van der Waals surface area contributed by atoms with Gasteiger partial charge in [-0.1, -0.05) is 12.2 Å². The number of nitrogens with one attached hydrogen (secondary N) is 1. The fourth-order valence-corrected chi connectivity index (χ4v) is 2.35. The van der Waals surface area contributed by atoms with Crippen molar-refractivity contribution in [3.8, 4) is 0 Å². The summed E-state index contributed by atoms with van der Waals surface area (Å²) in [7, 11) is 0. The van der Waals surface area contributed by atoms with Crippen molar-refractivity contribution in [2.75, 3.05) is 19.8 Å². The third-order valence-corrected chi connectivity index (χ3v) is 3.23. The summed E-state index contributed by atoms with van der Waals surface area (Å²) < 4.78 is 5.52. The summed E-state index contributed by atoms with van der Waals surface area (Å²) in [6.07, 6.45) is 9.05. The van der Waals surface area contributed by atoms with Crippen LogP contribution in [0.2, 0.25) is 0 Å². The first-order valence-electron chi connectivity index (χ1n) is 5.55. The molecule has 2 rings (SSSR count). The van der Waals surface area contributed by atoms with Crippen LogP contribution in [0.1, 0.15) is 25.7 Å². The minimum Gasteiger partial charge on any atom is -0.379 e. The summed E-state index contributed by atoms with van der Waals surface area (Å²) in [5.41, 5.74) is 5.90. The maximum absolute atomic E-state index is 5.85. The van der Waals surface area contributed by atoms with E-state index in [2.05, 4.69) is 17.5 Å². The molecule has 3 N–H and O–H groups in total. The zero-order valence-corrected chi connectivity index (χ0v) is 8.67. The second-order valence-electron chi connectivity index (χ2n) is 4.42.